The number of piperidine rings is 1. The smallest absolute Gasteiger partial charge is 0.228 e. The van der Waals surface area contributed by atoms with E-state index in [4.69, 9.17) is 5.73 Å². The molecule has 4 heteroatoms. The van der Waals surface area contributed by atoms with Gasteiger partial charge in [-0.25, -0.2) is 0 Å². The van der Waals surface area contributed by atoms with E-state index in [0.29, 0.717) is 18.9 Å². The Morgan fingerprint density at radius 2 is 1.92 bits per heavy atom. The number of hydrogen-bond acceptors (Lipinski definition) is 2. The van der Waals surface area contributed by atoms with Crippen LogP contribution in [-0.4, -0.2) is 35.0 Å². The van der Waals surface area contributed by atoms with Crippen molar-refractivity contribution < 1.29 is 4.79 Å². The molecule has 0 aliphatic carbocycles. The van der Waals surface area contributed by atoms with Crippen molar-refractivity contribution in [1.29, 1.82) is 0 Å². The Morgan fingerprint density at radius 1 is 1.25 bits per heavy atom. The van der Waals surface area contributed by atoms with Crippen molar-refractivity contribution in [3.8, 4) is 0 Å². The third-order valence-electron chi connectivity index (χ3n) is 5.86. The standard InChI is InChI=1S/C20H29N3O/c1-20(2,14-21)16-8-10-23(11-9-16)19(24)13-17-12-15-6-4-5-7-18(15)22(17)3/h4-7,12,16H,8-11,13-14,21H2,1-3H3. The average molecular weight is 327 g/mol. The SMILES string of the molecule is Cn1c(CC(=O)N2CCC(C(C)(C)CN)CC2)cc2ccccc21. The van der Waals surface area contributed by atoms with Crippen LogP contribution in [0.2, 0.25) is 0 Å². The van der Waals surface area contributed by atoms with Crippen LogP contribution in [0, 0.1) is 11.3 Å². The van der Waals surface area contributed by atoms with Gasteiger partial charge in [0.2, 0.25) is 5.91 Å². The number of nitrogens with zero attached hydrogens (tertiary/aromatic N) is 2. The highest BCUT2D eigenvalue weighted by Crippen LogP contribution is 2.34. The maximum atomic E-state index is 12.7. The summed E-state index contributed by atoms with van der Waals surface area (Å²) in [5.74, 6) is 0.856. The normalized spacial score (nSPS) is 16.8. The van der Waals surface area contributed by atoms with Gasteiger partial charge in [0.1, 0.15) is 0 Å². The zero-order valence-electron chi connectivity index (χ0n) is 15.1. The van der Waals surface area contributed by atoms with E-state index in [0.717, 1.165) is 31.6 Å². The van der Waals surface area contributed by atoms with E-state index in [2.05, 4.69) is 36.6 Å². The van der Waals surface area contributed by atoms with Crippen LogP contribution in [0.5, 0.6) is 0 Å². The second-order valence-corrected chi connectivity index (χ2v) is 7.78. The van der Waals surface area contributed by atoms with E-state index in [-0.39, 0.29) is 11.3 Å². The molecule has 1 amide bonds. The number of nitrogens with two attached hydrogens (primary N) is 1. The summed E-state index contributed by atoms with van der Waals surface area (Å²) in [6.45, 7) is 6.91. The number of amides is 1. The fourth-order valence-electron chi connectivity index (χ4n) is 3.86. The minimum atomic E-state index is 0.172. The molecule has 1 aromatic heterocycles. The number of aromatic nitrogens is 1. The van der Waals surface area contributed by atoms with Gasteiger partial charge in [0.15, 0.2) is 0 Å². The van der Waals surface area contributed by atoms with Crippen molar-refractivity contribution >= 4 is 16.8 Å². The molecule has 1 aliphatic heterocycles. The van der Waals surface area contributed by atoms with Crippen molar-refractivity contribution in [2.45, 2.75) is 33.1 Å². The zero-order valence-corrected chi connectivity index (χ0v) is 15.1. The second-order valence-electron chi connectivity index (χ2n) is 7.78. The molecule has 4 nitrogen and oxygen atoms in total. The molecule has 0 atom stereocenters. The molecule has 1 aromatic carbocycles. The van der Waals surface area contributed by atoms with Crippen LogP contribution in [0.25, 0.3) is 10.9 Å². The fourth-order valence-corrected chi connectivity index (χ4v) is 3.86. The first-order valence-electron chi connectivity index (χ1n) is 8.93. The topological polar surface area (TPSA) is 51.3 Å². The Kier molecular flexibility index (Phi) is 4.68. The lowest BCUT2D eigenvalue weighted by molar-refractivity contribution is -0.132. The Bertz CT molecular complexity index is 724. The predicted octanol–water partition coefficient (Wildman–Crippen LogP) is 2.94. The molecule has 0 radical (unpaired) electrons. The number of hydrogen-bond donors (Lipinski definition) is 1. The second kappa shape index (κ2) is 6.60. The molecule has 0 unspecified atom stereocenters. The summed E-state index contributed by atoms with van der Waals surface area (Å²) in [5.41, 5.74) is 8.35. The number of benzene rings is 1. The van der Waals surface area contributed by atoms with Gasteiger partial charge in [0, 0.05) is 31.3 Å². The molecule has 0 spiro atoms. The van der Waals surface area contributed by atoms with Gasteiger partial charge in [0.05, 0.1) is 6.42 Å². The lowest BCUT2D eigenvalue weighted by Gasteiger charge is -2.40. The number of likely N-dealkylation sites (tertiary alicyclic amines) is 1. The van der Waals surface area contributed by atoms with Crippen molar-refractivity contribution in [2.24, 2.45) is 24.1 Å². The number of para-hydroxylation sites is 1. The summed E-state index contributed by atoms with van der Waals surface area (Å²) in [6.07, 6.45) is 2.60. The van der Waals surface area contributed by atoms with Crippen LogP contribution in [0.15, 0.2) is 30.3 Å². The molecule has 2 aromatic rings. The van der Waals surface area contributed by atoms with E-state index in [1.54, 1.807) is 0 Å². The van der Waals surface area contributed by atoms with Crippen molar-refractivity contribution in [3.05, 3.63) is 36.0 Å². The maximum absolute atomic E-state index is 12.7. The highest BCUT2D eigenvalue weighted by atomic mass is 16.2. The van der Waals surface area contributed by atoms with Crippen molar-refractivity contribution in [2.75, 3.05) is 19.6 Å². The van der Waals surface area contributed by atoms with Gasteiger partial charge < -0.3 is 15.2 Å². The summed E-state index contributed by atoms with van der Waals surface area (Å²) in [5, 5.41) is 1.20. The lowest BCUT2D eigenvalue weighted by atomic mass is 9.74. The van der Waals surface area contributed by atoms with Gasteiger partial charge >= 0.3 is 0 Å². The summed E-state index contributed by atoms with van der Waals surface area (Å²) in [7, 11) is 2.04. The van der Waals surface area contributed by atoms with E-state index in [1.807, 2.05) is 24.1 Å². The van der Waals surface area contributed by atoms with Crippen LogP contribution < -0.4 is 5.73 Å². The molecule has 2 N–H and O–H groups in total. The summed E-state index contributed by atoms with van der Waals surface area (Å²) >= 11 is 0. The van der Waals surface area contributed by atoms with Crippen LogP contribution in [-0.2, 0) is 18.3 Å². The summed E-state index contributed by atoms with van der Waals surface area (Å²) in [6, 6.07) is 10.4. The minimum absolute atomic E-state index is 0.172. The Balaban J connectivity index is 1.64. The van der Waals surface area contributed by atoms with Gasteiger partial charge in [-0.05, 0) is 48.2 Å². The van der Waals surface area contributed by atoms with Crippen LogP contribution in [0.3, 0.4) is 0 Å². The first-order valence-corrected chi connectivity index (χ1v) is 8.93. The summed E-state index contributed by atoms with van der Waals surface area (Å²) < 4.78 is 2.14. The first-order chi connectivity index (χ1) is 11.4. The number of carbonyl (C=O) groups is 1. The third-order valence-corrected chi connectivity index (χ3v) is 5.86. The highest BCUT2D eigenvalue weighted by Gasteiger charge is 2.32. The quantitative estimate of drug-likeness (QED) is 0.938. The van der Waals surface area contributed by atoms with Crippen LogP contribution in [0.1, 0.15) is 32.4 Å². The predicted molar refractivity (Wildman–Crippen MR) is 98.8 cm³/mol. The molecule has 24 heavy (non-hydrogen) atoms. The van der Waals surface area contributed by atoms with E-state index in [9.17, 15) is 4.79 Å². The first kappa shape index (κ1) is 17.0. The highest BCUT2D eigenvalue weighted by molar-refractivity contribution is 5.84. The molecule has 0 saturated carbocycles. The zero-order chi connectivity index (χ0) is 17.3. The van der Waals surface area contributed by atoms with E-state index in [1.165, 1.54) is 10.9 Å². The molecular weight excluding hydrogens is 298 g/mol. The Morgan fingerprint density at radius 3 is 2.54 bits per heavy atom. The van der Waals surface area contributed by atoms with Gasteiger partial charge in [-0.1, -0.05) is 32.0 Å². The van der Waals surface area contributed by atoms with Gasteiger partial charge in [-0.3, -0.25) is 4.79 Å². The lowest BCUT2D eigenvalue weighted by Crippen LogP contribution is -2.44. The van der Waals surface area contributed by atoms with Gasteiger partial charge in [0.25, 0.3) is 0 Å². The van der Waals surface area contributed by atoms with E-state index >= 15 is 0 Å². The molecule has 3 rings (SSSR count). The molecule has 2 heterocycles. The van der Waals surface area contributed by atoms with Crippen LogP contribution in [0.4, 0.5) is 0 Å². The number of carbonyl (C=O) groups excluding carboxylic acids is 1. The van der Waals surface area contributed by atoms with Gasteiger partial charge in [-0.2, -0.15) is 0 Å². The largest absolute Gasteiger partial charge is 0.347 e. The van der Waals surface area contributed by atoms with E-state index < -0.39 is 0 Å². The monoisotopic (exact) mass is 327 g/mol. The fraction of sp³-hybridized carbons (Fsp3) is 0.550. The molecular formula is C20H29N3O. The molecule has 0 bridgehead atoms. The Labute approximate surface area is 144 Å². The maximum Gasteiger partial charge on any atom is 0.228 e. The molecule has 1 fully saturated rings. The third kappa shape index (κ3) is 3.20. The molecule has 1 aliphatic rings. The number of fused-ring (bicyclic) bond motifs is 1. The van der Waals surface area contributed by atoms with Crippen LogP contribution >= 0.6 is 0 Å². The number of rotatable bonds is 4. The molecule has 130 valence electrons. The van der Waals surface area contributed by atoms with Gasteiger partial charge in [-0.15, -0.1) is 0 Å². The average Bonchev–Trinajstić information content (AvgIpc) is 2.91. The Hall–Kier alpha value is -1.81. The number of aryl methyl sites for hydroxylation is 1. The van der Waals surface area contributed by atoms with Crippen molar-refractivity contribution in [1.82, 2.24) is 9.47 Å². The van der Waals surface area contributed by atoms with Crippen molar-refractivity contribution in [3.63, 3.8) is 0 Å². The molecule has 1 saturated heterocycles. The minimum Gasteiger partial charge on any atom is -0.347 e. The summed E-state index contributed by atoms with van der Waals surface area (Å²) in [4.78, 5) is 14.7.